The molecule has 0 fully saturated rings. The van der Waals surface area contributed by atoms with Crippen LogP contribution in [0.2, 0.25) is 0 Å². The Morgan fingerprint density at radius 3 is 2.95 bits per heavy atom. The number of halogens is 1. The van der Waals surface area contributed by atoms with E-state index in [0.717, 1.165) is 26.5 Å². The van der Waals surface area contributed by atoms with Gasteiger partial charge in [-0.1, -0.05) is 24.2 Å². The second-order valence-corrected chi connectivity index (χ2v) is 6.17. The zero-order chi connectivity index (χ0) is 15.1. The summed E-state index contributed by atoms with van der Waals surface area (Å²) >= 11 is 3.45. The predicted octanol–water partition coefficient (Wildman–Crippen LogP) is 4.69. The standard InChI is InChI=1S/C17H12BrN3O/c1-10(11-4-5-15-12(7-11)3-2-6-19-15)16-14-8-13(18)9-20-17(14)22-21-16/h2-10H,1H3. The van der Waals surface area contributed by atoms with E-state index in [1.807, 2.05) is 18.2 Å². The molecule has 22 heavy (non-hydrogen) atoms. The summed E-state index contributed by atoms with van der Waals surface area (Å²) in [6, 6.07) is 12.3. The normalized spacial score (nSPS) is 12.8. The first-order valence-corrected chi connectivity index (χ1v) is 7.77. The molecule has 5 heteroatoms. The van der Waals surface area contributed by atoms with Crippen LogP contribution < -0.4 is 0 Å². The molecule has 0 saturated carbocycles. The number of rotatable bonds is 2. The highest BCUT2D eigenvalue weighted by Gasteiger charge is 2.18. The summed E-state index contributed by atoms with van der Waals surface area (Å²) < 4.78 is 6.26. The summed E-state index contributed by atoms with van der Waals surface area (Å²) in [5.41, 5.74) is 3.63. The van der Waals surface area contributed by atoms with E-state index in [0.29, 0.717) is 5.71 Å². The van der Waals surface area contributed by atoms with E-state index in [2.05, 4.69) is 56.2 Å². The highest BCUT2D eigenvalue weighted by Crippen LogP contribution is 2.31. The Bertz CT molecular complexity index is 980. The van der Waals surface area contributed by atoms with Gasteiger partial charge in [-0.3, -0.25) is 4.98 Å². The minimum Gasteiger partial charge on any atom is -0.336 e. The molecular weight excluding hydrogens is 342 g/mol. The lowest BCUT2D eigenvalue weighted by Gasteiger charge is -2.10. The molecular formula is C17H12BrN3O. The van der Waals surface area contributed by atoms with Gasteiger partial charge in [0.25, 0.3) is 5.71 Å². The zero-order valence-corrected chi connectivity index (χ0v) is 13.4. The van der Waals surface area contributed by atoms with Gasteiger partial charge in [0.05, 0.1) is 10.9 Å². The monoisotopic (exact) mass is 353 g/mol. The van der Waals surface area contributed by atoms with Crippen LogP contribution in [0.15, 0.2) is 57.8 Å². The molecule has 1 aromatic carbocycles. The van der Waals surface area contributed by atoms with Gasteiger partial charge in [-0.25, -0.2) is 4.98 Å². The van der Waals surface area contributed by atoms with Crippen molar-refractivity contribution in [3.63, 3.8) is 0 Å². The summed E-state index contributed by atoms with van der Waals surface area (Å²) in [7, 11) is 0. The fourth-order valence-electron chi connectivity index (χ4n) is 2.66. The van der Waals surface area contributed by atoms with Crippen LogP contribution in [-0.2, 0) is 0 Å². The van der Waals surface area contributed by atoms with Gasteiger partial charge in [0.2, 0.25) is 0 Å². The minimum absolute atomic E-state index is 0.113. The number of nitrogens with zero attached hydrogens (tertiary/aromatic N) is 3. The molecule has 3 heterocycles. The van der Waals surface area contributed by atoms with E-state index in [9.17, 15) is 0 Å². The molecule has 108 valence electrons. The average Bonchev–Trinajstić information content (AvgIpc) is 2.96. The van der Waals surface area contributed by atoms with Crippen LogP contribution in [0.5, 0.6) is 0 Å². The topological polar surface area (TPSA) is 51.8 Å². The lowest BCUT2D eigenvalue weighted by atomic mass is 9.95. The van der Waals surface area contributed by atoms with E-state index in [1.165, 1.54) is 5.56 Å². The van der Waals surface area contributed by atoms with Crippen LogP contribution in [0.25, 0.3) is 22.0 Å². The van der Waals surface area contributed by atoms with Crippen molar-refractivity contribution in [2.24, 2.45) is 0 Å². The maximum absolute atomic E-state index is 5.34. The number of aromatic nitrogens is 3. The van der Waals surface area contributed by atoms with E-state index in [-0.39, 0.29) is 5.92 Å². The minimum atomic E-state index is 0.113. The molecule has 1 unspecified atom stereocenters. The van der Waals surface area contributed by atoms with Gasteiger partial charge in [0.15, 0.2) is 0 Å². The van der Waals surface area contributed by atoms with Crippen molar-refractivity contribution < 1.29 is 4.52 Å². The van der Waals surface area contributed by atoms with Crippen molar-refractivity contribution in [3.05, 3.63) is 64.5 Å². The second-order valence-electron chi connectivity index (χ2n) is 5.25. The molecule has 0 amide bonds. The van der Waals surface area contributed by atoms with Gasteiger partial charge in [0.1, 0.15) is 5.69 Å². The molecule has 0 aliphatic heterocycles. The summed E-state index contributed by atoms with van der Waals surface area (Å²) in [5.74, 6) is 0.113. The van der Waals surface area contributed by atoms with Gasteiger partial charge < -0.3 is 4.52 Å². The molecule has 3 aromatic heterocycles. The maximum atomic E-state index is 5.34. The summed E-state index contributed by atoms with van der Waals surface area (Å²) in [6.45, 7) is 2.12. The molecule has 0 aliphatic carbocycles. The third kappa shape index (κ3) is 2.18. The zero-order valence-electron chi connectivity index (χ0n) is 11.8. The van der Waals surface area contributed by atoms with Gasteiger partial charge in [-0.05, 0) is 45.8 Å². The van der Waals surface area contributed by atoms with Gasteiger partial charge in [-0.2, -0.15) is 0 Å². The van der Waals surface area contributed by atoms with Gasteiger partial charge >= 0.3 is 0 Å². The van der Waals surface area contributed by atoms with Gasteiger partial charge in [-0.15, -0.1) is 0 Å². The van der Waals surface area contributed by atoms with E-state index >= 15 is 0 Å². The van der Waals surface area contributed by atoms with Crippen molar-refractivity contribution in [3.8, 4) is 0 Å². The Balaban J connectivity index is 1.84. The fraction of sp³-hybridized carbons (Fsp3) is 0.118. The van der Waals surface area contributed by atoms with Gasteiger partial charge in [0, 0.05) is 28.2 Å². The number of pyridine rings is 2. The molecule has 0 bridgehead atoms. The Hall–Kier alpha value is -2.27. The van der Waals surface area contributed by atoms with Crippen LogP contribution in [0, 0.1) is 0 Å². The highest BCUT2D eigenvalue weighted by atomic mass is 79.9. The Kier molecular flexibility index (Phi) is 3.15. The maximum Gasteiger partial charge on any atom is 0.258 e. The molecule has 0 N–H and O–H groups in total. The number of fused-ring (bicyclic) bond motifs is 2. The van der Waals surface area contributed by atoms with Crippen molar-refractivity contribution in [2.75, 3.05) is 0 Å². The quantitative estimate of drug-likeness (QED) is 0.524. The van der Waals surface area contributed by atoms with E-state index < -0.39 is 0 Å². The highest BCUT2D eigenvalue weighted by molar-refractivity contribution is 9.10. The van der Waals surface area contributed by atoms with Crippen molar-refractivity contribution in [1.82, 2.24) is 15.1 Å². The Labute approximate surface area is 135 Å². The average molecular weight is 354 g/mol. The summed E-state index contributed by atoms with van der Waals surface area (Å²) in [6.07, 6.45) is 3.52. The third-order valence-corrected chi connectivity index (χ3v) is 4.30. The lowest BCUT2D eigenvalue weighted by Crippen LogP contribution is -1.97. The summed E-state index contributed by atoms with van der Waals surface area (Å²) in [4.78, 5) is 8.60. The smallest absolute Gasteiger partial charge is 0.258 e. The molecule has 1 atom stereocenters. The van der Waals surface area contributed by atoms with Crippen molar-refractivity contribution >= 4 is 37.9 Å². The SMILES string of the molecule is CC(c1ccc2ncccc2c1)c1noc2ncc(Br)cc12. The first-order chi connectivity index (χ1) is 10.7. The van der Waals surface area contributed by atoms with Crippen LogP contribution in [0.3, 0.4) is 0 Å². The number of hydrogen-bond donors (Lipinski definition) is 0. The summed E-state index contributed by atoms with van der Waals surface area (Å²) in [5, 5.41) is 6.28. The second kappa shape index (κ2) is 5.18. The molecule has 0 aliphatic rings. The third-order valence-electron chi connectivity index (χ3n) is 3.86. The van der Waals surface area contributed by atoms with Crippen LogP contribution >= 0.6 is 15.9 Å². The van der Waals surface area contributed by atoms with E-state index in [4.69, 9.17) is 4.52 Å². The number of benzene rings is 1. The number of hydrogen-bond acceptors (Lipinski definition) is 4. The van der Waals surface area contributed by atoms with Crippen LogP contribution in [0.1, 0.15) is 24.1 Å². The fourth-order valence-corrected chi connectivity index (χ4v) is 2.99. The predicted molar refractivity (Wildman–Crippen MR) is 88.8 cm³/mol. The first kappa shape index (κ1) is 13.4. The molecule has 0 spiro atoms. The Morgan fingerprint density at radius 2 is 2.05 bits per heavy atom. The lowest BCUT2D eigenvalue weighted by molar-refractivity contribution is 0.436. The van der Waals surface area contributed by atoms with Crippen molar-refractivity contribution in [2.45, 2.75) is 12.8 Å². The van der Waals surface area contributed by atoms with Crippen LogP contribution in [0.4, 0.5) is 0 Å². The first-order valence-electron chi connectivity index (χ1n) is 6.98. The van der Waals surface area contributed by atoms with E-state index in [1.54, 1.807) is 12.4 Å². The van der Waals surface area contributed by atoms with Crippen LogP contribution in [-0.4, -0.2) is 15.1 Å². The molecule has 4 nitrogen and oxygen atoms in total. The Morgan fingerprint density at radius 1 is 1.14 bits per heavy atom. The molecule has 0 radical (unpaired) electrons. The molecule has 4 aromatic rings. The van der Waals surface area contributed by atoms with Crippen molar-refractivity contribution in [1.29, 1.82) is 0 Å². The largest absolute Gasteiger partial charge is 0.336 e. The molecule has 4 rings (SSSR count). The molecule has 0 saturated heterocycles.